The third-order valence-corrected chi connectivity index (χ3v) is 6.81. The minimum atomic E-state index is -3.52. The molecule has 2 rings (SSSR count). The van der Waals surface area contributed by atoms with Crippen molar-refractivity contribution >= 4 is 37.6 Å². The Morgan fingerprint density at radius 2 is 2.05 bits per heavy atom. The van der Waals surface area contributed by atoms with Gasteiger partial charge in [-0.1, -0.05) is 41.4 Å². The number of sulfonamides is 1. The number of hydrogen-bond donors (Lipinski definition) is 0. The molecule has 1 aliphatic rings. The smallest absolute Gasteiger partial charge is 0.244 e. The van der Waals surface area contributed by atoms with E-state index >= 15 is 0 Å². The summed E-state index contributed by atoms with van der Waals surface area (Å²) in [6.07, 6.45) is 0.870. The van der Waals surface area contributed by atoms with Crippen LogP contribution in [0.4, 0.5) is 0 Å². The molecule has 1 heterocycles. The maximum Gasteiger partial charge on any atom is 0.244 e. The summed E-state index contributed by atoms with van der Waals surface area (Å²) in [5.41, 5.74) is 0. The summed E-state index contributed by atoms with van der Waals surface area (Å²) in [5, 5.41) is 0.260. The standard InChI is InChI=1S/C14H20BrClN2O2S/c1-3-17(4-2)12-7-8-18(10-12)21(19,20)14-6-5-11(15)9-13(14)16/h5-6,9,12H,3-4,7-8,10H2,1-2H3. The molecule has 0 N–H and O–H groups in total. The van der Waals surface area contributed by atoms with E-state index in [2.05, 4.69) is 34.7 Å². The maximum atomic E-state index is 12.7. The molecule has 1 fully saturated rings. The van der Waals surface area contributed by atoms with Gasteiger partial charge in [0.05, 0.1) is 5.02 Å². The topological polar surface area (TPSA) is 40.6 Å². The van der Waals surface area contributed by atoms with E-state index in [0.717, 1.165) is 24.0 Å². The fraction of sp³-hybridized carbons (Fsp3) is 0.571. The molecule has 1 aromatic carbocycles. The highest BCUT2D eigenvalue weighted by atomic mass is 79.9. The lowest BCUT2D eigenvalue weighted by Crippen LogP contribution is -2.38. The van der Waals surface area contributed by atoms with E-state index in [4.69, 9.17) is 11.6 Å². The number of benzene rings is 1. The number of likely N-dealkylation sites (N-methyl/N-ethyl adjacent to an activating group) is 1. The summed E-state index contributed by atoms with van der Waals surface area (Å²) >= 11 is 9.39. The largest absolute Gasteiger partial charge is 0.300 e. The van der Waals surface area contributed by atoms with Crippen molar-refractivity contribution in [3.8, 4) is 0 Å². The number of hydrogen-bond acceptors (Lipinski definition) is 3. The zero-order valence-electron chi connectivity index (χ0n) is 12.2. The Hall–Kier alpha value is -0.140. The Bertz CT molecular complexity index is 605. The highest BCUT2D eigenvalue weighted by Crippen LogP contribution is 2.30. The van der Waals surface area contributed by atoms with Gasteiger partial charge in [-0.3, -0.25) is 4.90 Å². The van der Waals surface area contributed by atoms with Crippen LogP contribution in [0.3, 0.4) is 0 Å². The second-order valence-corrected chi connectivity index (χ2v) is 8.33. The van der Waals surface area contributed by atoms with Crippen molar-refractivity contribution in [3.63, 3.8) is 0 Å². The second-order valence-electron chi connectivity index (χ2n) is 5.10. The lowest BCUT2D eigenvalue weighted by atomic mass is 10.2. The van der Waals surface area contributed by atoms with Crippen LogP contribution in [0.25, 0.3) is 0 Å². The fourth-order valence-corrected chi connectivity index (χ4v) is 5.29. The molecule has 0 saturated carbocycles. The predicted molar refractivity (Wildman–Crippen MR) is 89.2 cm³/mol. The van der Waals surface area contributed by atoms with Crippen molar-refractivity contribution < 1.29 is 8.42 Å². The highest BCUT2D eigenvalue weighted by Gasteiger charge is 2.35. The summed E-state index contributed by atoms with van der Waals surface area (Å²) in [6.45, 7) is 7.17. The zero-order valence-corrected chi connectivity index (χ0v) is 15.4. The lowest BCUT2D eigenvalue weighted by Gasteiger charge is -2.26. The van der Waals surface area contributed by atoms with Crippen LogP contribution in [0.15, 0.2) is 27.6 Å². The summed E-state index contributed by atoms with van der Waals surface area (Å²) in [4.78, 5) is 2.49. The van der Waals surface area contributed by atoms with E-state index < -0.39 is 10.0 Å². The van der Waals surface area contributed by atoms with Gasteiger partial charge in [0.2, 0.25) is 10.0 Å². The first kappa shape index (κ1) is 17.2. The third kappa shape index (κ3) is 3.62. The molecular weight excluding hydrogens is 376 g/mol. The quantitative estimate of drug-likeness (QED) is 0.768. The summed E-state index contributed by atoms with van der Waals surface area (Å²) < 4.78 is 27.8. The first-order chi connectivity index (χ1) is 9.90. The molecule has 1 aliphatic heterocycles. The molecule has 0 aromatic heterocycles. The van der Waals surface area contributed by atoms with Gasteiger partial charge in [0.25, 0.3) is 0 Å². The predicted octanol–water partition coefficient (Wildman–Crippen LogP) is 3.21. The summed E-state index contributed by atoms with van der Waals surface area (Å²) in [5.74, 6) is 0. The lowest BCUT2D eigenvalue weighted by molar-refractivity contribution is 0.224. The van der Waals surface area contributed by atoms with E-state index in [1.807, 2.05) is 0 Å². The van der Waals surface area contributed by atoms with Gasteiger partial charge in [0.15, 0.2) is 0 Å². The number of halogens is 2. The second kappa shape index (κ2) is 6.96. The van der Waals surface area contributed by atoms with E-state index in [1.165, 1.54) is 0 Å². The molecule has 1 atom stereocenters. The van der Waals surface area contributed by atoms with Crippen LogP contribution in [0, 0.1) is 0 Å². The van der Waals surface area contributed by atoms with Crippen LogP contribution >= 0.6 is 27.5 Å². The average molecular weight is 396 g/mol. The molecule has 1 unspecified atom stereocenters. The third-order valence-electron chi connectivity index (χ3n) is 3.97. The van der Waals surface area contributed by atoms with Gasteiger partial charge in [0, 0.05) is 23.6 Å². The zero-order chi connectivity index (χ0) is 15.6. The normalized spacial score (nSPS) is 20.3. The first-order valence-corrected chi connectivity index (χ1v) is 9.70. The molecule has 0 radical (unpaired) electrons. The fourth-order valence-electron chi connectivity index (χ4n) is 2.79. The van der Waals surface area contributed by atoms with Gasteiger partial charge in [-0.2, -0.15) is 4.31 Å². The van der Waals surface area contributed by atoms with Gasteiger partial charge in [0.1, 0.15) is 4.90 Å². The van der Waals surface area contributed by atoms with Crippen molar-refractivity contribution in [2.75, 3.05) is 26.2 Å². The Balaban J connectivity index is 2.22. The van der Waals surface area contributed by atoms with Crippen LogP contribution in [0.2, 0.25) is 5.02 Å². The Kier molecular flexibility index (Phi) is 5.71. The van der Waals surface area contributed by atoms with Crippen molar-refractivity contribution in [1.29, 1.82) is 0 Å². The highest BCUT2D eigenvalue weighted by molar-refractivity contribution is 9.10. The molecule has 4 nitrogen and oxygen atoms in total. The van der Waals surface area contributed by atoms with Crippen molar-refractivity contribution in [2.24, 2.45) is 0 Å². The van der Waals surface area contributed by atoms with E-state index in [-0.39, 0.29) is 9.92 Å². The van der Waals surface area contributed by atoms with E-state index in [9.17, 15) is 8.42 Å². The molecule has 7 heteroatoms. The van der Waals surface area contributed by atoms with Gasteiger partial charge in [-0.25, -0.2) is 8.42 Å². The van der Waals surface area contributed by atoms with Crippen LogP contribution in [-0.4, -0.2) is 49.8 Å². The monoisotopic (exact) mass is 394 g/mol. The molecule has 0 amide bonds. The first-order valence-electron chi connectivity index (χ1n) is 7.09. The molecule has 0 aliphatic carbocycles. The van der Waals surface area contributed by atoms with E-state index in [0.29, 0.717) is 19.1 Å². The molecule has 118 valence electrons. The van der Waals surface area contributed by atoms with Crippen LogP contribution in [0.5, 0.6) is 0 Å². The van der Waals surface area contributed by atoms with Gasteiger partial charge < -0.3 is 0 Å². The molecule has 21 heavy (non-hydrogen) atoms. The molecule has 1 aromatic rings. The molecule has 0 bridgehead atoms. The van der Waals surface area contributed by atoms with Crippen molar-refractivity contribution in [2.45, 2.75) is 31.2 Å². The summed E-state index contributed by atoms with van der Waals surface area (Å²) in [7, 11) is -3.52. The van der Waals surface area contributed by atoms with Gasteiger partial charge in [-0.05, 0) is 37.7 Å². The Morgan fingerprint density at radius 1 is 1.38 bits per heavy atom. The molecule has 1 saturated heterocycles. The number of nitrogens with zero attached hydrogens (tertiary/aromatic N) is 2. The van der Waals surface area contributed by atoms with Crippen molar-refractivity contribution in [3.05, 3.63) is 27.7 Å². The van der Waals surface area contributed by atoms with E-state index in [1.54, 1.807) is 22.5 Å². The molecule has 0 spiro atoms. The van der Waals surface area contributed by atoms with Gasteiger partial charge >= 0.3 is 0 Å². The van der Waals surface area contributed by atoms with Crippen molar-refractivity contribution in [1.82, 2.24) is 9.21 Å². The summed E-state index contributed by atoms with van der Waals surface area (Å²) in [6, 6.07) is 5.18. The maximum absolute atomic E-state index is 12.7. The Labute approximate surface area is 140 Å². The van der Waals surface area contributed by atoms with Crippen LogP contribution < -0.4 is 0 Å². The van der Waals surface area contributed by atoms with Gasteiger partial charge in [-0.15, -0.1) is 0 Å². The molecular formula is C14H20BrClN2O2S. The SMILES string of the molecule is CCN(CC)C1CCN(S(=O)(=O)c2ccc(Br)cc2Cl)C1. The Morgan fingerprint density at radius 3 is 2.62 bits per heavy atom. The van der Waals surface area contributed by atoms with Crippen LogP contribution in [0.1, 0.15) is 20.3 Å². The number of rotatable bonds is 5. The minimum Gasteiger partial charge on any atom is -0.300 e. The average Bonchev–Trinajstić information content (AvgIpc) is 2.90. The minimum absolute atomic E-state index is 0.188. The van der Waals surface area contributed by atoms with Crippen LogP contribution in [-0.2, 0) is 10.0 Å².